The number of hydrogen-bond acceptors (Lipinski definition) is 4. The third-order valence-corrected chi connectivity index (χ3v) is 1.41. The number of nitrogens with two attached hydrogens (primary N) is 2. The summed E-state index contributed by atoms with van der Waals surface area (Å²) in [5.74, 6) is 1.06. The summed E-state index contributed by atoms with van der Waals surface area (Å²) in [7, 11) is 0. The molecule has 0 bridgehead atoms. The molecule has 0 atom stereocenters. The average molecular weight is 167 g/mol. The van der Waals surface area contributed by atoms with E-state index in [1.165, 1.54) is 0 Å². The fourth-order valence-corrected chi connectivity index (χ4v) is 0.790. The first-order valence-electron chi connectivity index (χ1n) is 3.88. The molecule has 0 aromatic carbocycles. The lowest BCUT2D eigenvalue weighted by Gasteiger charge is -2.05. The highest BCUT2D eigenvalue weighted by molar-refractivity contribution is 5.44. The fraction of sp³-hybridized carbons (Fsp3) is 0.375. The normalized spacial score (nSPS) is 9.75. The molecule has 0 amide bonds. The molecule has 66 valence electrons. The number of anilines is 1. The molecule has 0 radical (unpaired) electrons. The van der Waals surface area contributed by atoms with Gasteiger partial charge in [-0.05, 0) is 25.1 Å². The zero-order valence-electron chi connectivity index (χ0n) is 6.86. The van der Waals surface area contributed by atoms with Gasteiger partial charge in [0.15, 0.2) is 11.6 Å². The molecule has 1 heterocycles. The van der Waals surface area contributed by atoms with Crippen LogP contribution in [0, 0.1) is 0 Å². The van der Waals surface area contributed by atoms with Gasteiger partial charge in [-0.25, -0.2) is 4.98 Å². The maximum Gasteiger partial charge on any atom is 0.166 e. The summed E-state index contributed by atoms with van der Waals surface area (Å²) in [5, 5.41) is 0. The van der Waals surface area contributed by atoms with Crippen LogP contribution >= 0.6 is 0 Å². The van der Waals surface area contributed by atoms with Gasteiger partial charge in [-0.3, -0.25) is 0 Å². The second-order valence-corrected chi connectivity index (χ2v) is 2.38. The standard InChI is InChI=1S/C8H13N3O/c9-4-2-6-12-7-3-1-5-11-8(7)10/h1,3,5H,2,4,6,9H2,(H2,10,11). The van der Waals surface area contributed by atoms with Crippen LogP contribution in [0.2, 0.25) is 0 Å². The van der Waals surface area contributed by atoms with Crippen LogP contribution in [-0.4, -0.2) is 18.1 Å². The summed E-state index contributed by atoms with van der Waals surface area (Å²) in [6, 6.07) is 3.58. The molecule has 4 nitrogen and oxygen atoms in total. The Morgan fingerprint density at radius 2 is 2.33 bits per heavy atom. The smallest absolute Gasteiger partial charge is 0.166 e. The van der Waals surface area contributed by atoms with E-state index in [0.717, 1.165) is 6.42 Å². The van der Waals surface area contributed by atoms with Crippen LogP contribution in [0.3, 0.4) is 0 Å². The Bertz CT molecular complexity index is 239. The van der Waals surface area contributed by atoms with Crippen molar-refractivity contribution in [1.82, 2.24) is 4.98 Å². The van der Waals surface area contributed by atoms with Gasteiger partial charge in [-0.2, -0.15) is 0 Å². The lowest BCUT2D eigenvalue weighted by Crippen LogP contribution is -2.07. The van der Waals surface area contributed by atoms with E-state index in [1.807, 2.05) is 0 Å². The van der Waals surface area contributed by atoms with Crippen LogP contribution in [0.5, 0.6) is 5.75 Å². The minimum atomic E-state index is 0.425. The summed E-state index contributed by atoms with van der Waals surface area (Å²) >= 11 is 0. The van der Waals surface area contributed by atoms with Crippen LogP contribution in [0.15, 0.2) is 18.3 Å². The van der Waals surface area contributed by atoms with Gasteiger partial charge in [0.2, 0.25) is 0 Å². The molecular formula is C8H13N3O. The highest BCUT2D eigenvalue weighted by Gasteiger charge is 1.97. The molecule has 1 aromatic rings. The first-order valence-corrected chi connectivity index (χ1v) is 3.88. The fourth-order valence-electron chi connectivity index (χ4n) is 0.790. The van der Waals surface area contributed by atoms with Gasteiger partial charge in [-0.15, -0.1) is 0 Å². The van der Waals surface area contributed by atoms with E-state index < -0.39 is 0 Å². The molecule has 0 aliphatic rings. The van der Waals surface area contributed by atoms with Gasteiger partial charge in [0.1, 0.15) is 0 Å². The molecule has 1 rings (SSSR count). The number of rotatable bonds is 4. The maximum absolute atomic E-state index is 5.54. The van der Waals surface area contributed by atoms with Gasteiger partial charge in [-0.1, -0.05) is 0 Å². The van der Waals surface area contributed by atoms with Gasteiger partial charge in [0.25, 0.3) is 0 Å². The Labute approximate surface area is 71.5 Å². The first kappa shape index (κ1) is 8.80. The van der Waals surface area contributed by atoms with Gasteiger partial charge >= 0.3 is 0 Å². The molecule has 12 heavy (non-hydrogen) atoms. The number of ether oxygens (including phenoxy) is 1. The van der Waals surface area contributed by atoms with Crippen LogP contribution in [0.1, 0.15) is 6.42 Å². The summed E-state index contributed by atoms with van der Waals surface area (Å²) in [6.07, 6.45) is 2.46. The third kappa shape index (κ3) is 2.39. The molecule has 0 saturated carbocycles. The second-order valence-electron chi connectivity index (χ2n) is 2.38. The van der Waals surface area contributed by atoms with Gasteiger partial charge in [0, 0.05) is 6.20 Å². The Kier molecular flexibility index (Phi) is 3.35. The predicted molar refractivity (Wildman–Crippen MR) is 47.8 cm³/mol. The molecule has 0 aliphatic carbocycles. The zero-order valence-corrected chi connectivity index (χ0v) is 6.86. The van der Waals surface area contributed by atoms with Crippen molar-refractivity contribution in [3.8, 4) is 5.75 Å². The summed E-state index contributed by atoms with van der Waals surface area (Å²) < 4.78 is 5.31. The topological polar surface area (TPSA) is 74.2 Å². The molecule has 4 N–H and O–H groups in total. The number of nitrogen functional groups attached to an aromatic ring is 1. The van der Waals surface area contributed by atoms with E-state index >= 15 is 0 Å². The number of nitrogens with zero attached hydrogens (tertiary/aromatic N) is 1. The summed E-state index contributed by atoms with van der Waals surface area (Å²) in [4.78, 5) is 3.88. The Morgan fingerprint density at radius 1 is 1.50 bits per heavy atom. The average Bonchev–Trinajstić information content (AvgIpc) is 2.09. The van der Waals surface area contributed by atoms with Crippen molar-refractivity contribution in [2.45, 2.75) is 6.42 Å². The first-order chi connectivity index (χ1) is 5.84. The van der Waals surface area contributed by atoms with Crippen LogP contribution in [0.25, 0.3) is 0 Å². The molecule has 4 heteroatoms. The van der Waals surface area contributed by atoms with Crippen LogP contribution < -0.4 is 16.2 Å². The van der Waals surface area contributed by atoms with E-state index in [-0.39, 0.29) is 0 Å². The van der Waals surface area contributed by atoms with Crippen molar-refractivity contribution in [3.05, 3.63) is 18.3 Å². The summed E-state index contributed by atoms with van der Waals surface area (Å²) in [6.45, 7) is 1.21. The van der Waals surface area contributed by atoms with Crippen molar-refractivity contribution in [2.75, 3.05) is 18.9 Å². The maximum atomic E-state index is 5.54. The Balaban J connectivity index is 2.46. The minimum absolute atomic E-state index is 0.425. The molecule has 0 saturated heterocycles. The lowest BCUT2D eigenvalue weighted by atomic mass is 10.4. The Morgan fingerprint density at radius 3 is 3.00 bits per heavy atom. The van der Waals surface area contributed by atoms with Gasteiger partial charge in [0.05, 0.1) is 6.61 Å². The number of pyridine rings is 1. The minimum Gasteiger partial charge on any atom is -0.490 e. The van der Waals surface area contributed by atoms with E-state index in [2.05, 4.69) is 4.98 Å². The predicted octanol–water partition coefficient (Wildman–Crippen LogP) is 0.391. The van der Waals surface area contributed by atoms with Crippen molar-refractivity contribution < 1.29 is 4.74 Å². The second kappa shape index (κ2) is 4.56. The molecule has 1 aromatic heterocycles. The van der Waals surface area contributed by atoms with Gasteiger partial charge < -0.3 is 16.2 Å². The van der Waals surface area contributed by atoms with Crippen molar-refractivity contribution >= 4 is 5.82 Å². The largest absolute Gasteiger partial charge is 0.490 e. The van der Waals surface area contributed by atoms with E-state index in [0.29, 0.717) is 24.7 Å². The van der Waals surface area contributed by atoms with Crippen molar-refractivity contribution in [1.29, 1.82) is 0 Å². The van der Waals surface area contributed by atoms with E-state index in [1.54, 1.807) is 18.3 Å². The number of hydrogen-bond donors (Lipinski definition) is 2. The molecule has 0 aliphatic heterocycles. The molecular weight excluding hydrogens is 154 g/mol. The SMILES string of the molecule is NCCCOc1cccnc1N. The quantitative estimate of drug-likeness (QED) is 0.636. The van der Waals surface area contributed by atoms with Crippen molar-refractivity contribution in [3.63, 3.8) is 0 Å². The Hall–Kier alpha value is -1.29. The lowest BCUT2D eigenvalue weighted by molar-refractivity contribution is 0.314. The summed E-state index contributed by atoms with van der Waals surface area (Å²) in [5.41, 5.74) is 10.8. The van der Waals surface area contributed by atoms with Crippen LogP contribution in [-0.2, 0) is 0 Å². The molecule has 0 unspecified atom stereocenters. The monoisotopic (exact) mass is 167 g/mol. The van der Waals surface area contributed by atoms with Crippen LogP contribution in [0.4, 0.5) is 5.82 Å². The zero-order chi connectivity index (χ0) is 8.81. The highest BCUT2D eigenvalue weighted by Crippen LogP contribution is 2.16. The highest BCUT2D eigenvalue weighted by atomic mass is 16.5. The van der Waals surface area contributed by atoms with Crippen molar-refractivity contribution in [2.24, 2.45) is 5.73 Å². The van der Waals surface area contributed by atoms with E-state index in [9.17, 15) is 0 Å². The molecule has 0 spiro atoms. The number of aromatic nitrogens is 1. The van der Waals surface area contributed by atoms with E-state index in [4.69, 9.17) is 16.2 Å². The molecule has 0 fully saturated rings. The third-order valence-electron chi connectivity index (χ3n) is 1.41.